The summed E-state index contributed by atoms with van der Waals surface area (Å²) >= 11 is 3.58. The predicted molar refractivity (Wildman–Crippen MR) is 162 cm³/mol. The van der Waals surface area contributed by atoms with Crippen molar-refractivity contribution in [2.45, 2.75) is 36.9 Å². The van der Waals surface area contributed by atoms with E-state index in [1.165, 1.54) is 5.56 Å². The van der Waals surface area contributed by atoms with E-state index in [0.717, 1.165) is 28.4 Å². The number of hydrogen-bond donors (Lipinski definition) is 3. The summed E-state index contributed by atoms with van der Waals surface area (Å²) in [7, 11) is 0. The molecule has 0 saturated heterocycles. The van der Waals surface area contributed by atoms with Gasteiger partial charge in [-0.1, -0.05) is 94.8 Å². The molecule has 4 aromatic carbocycles. The number of aliphatic hydroxyl groups is 1. The number of hydrogen-bond acceptors (Lipinski definition) is 4. The van der Waals surface area contributed by atoms with Gasteiger partial charge in [0.1, 0.15) is 11.5 Å². The Morgan fingerprint density at radius 2 is 1.62 bits per heavy atom. The summed E-state index contributed by atoms with van der Waals surface area (Å²) in [4.78, 5) is 13.9. The molecule has 1 saturated carbocycles. The summed E-state index contributed by atoms with van der Waals surface area (Å²) in [5, 5.41) is 18.3. The lowest BCUT2D eigenvalue weighted by molar-refractivity contribution is -0.117. The minimum atomic E-state index is -0.807. The van der Waals surface area contributed by atoms with Gasteiger partial charge in [-0.25, -0.2) is 0 Å². The third-order valence-corrected chi connectivity index (χ3v) is 8.21. The highest BCUT2D eigenvalue weighted by Crippen LogP contribution is 2.46. The first kappa shape index (κ1) is 26.5. The van der Waals surface area contributed by atoms with Crippen LogP contribution in [0, 0.1) is 0 Å². The maximum atomic E-state index is 13.9. The van der Waals surface area contributed by atoms with Crippen LogP contribution in [-0.2, 0) is 16.8 Å². The molecule has 4 aromatic rings. The van der Waals surface area contributed by atoms with Gasteiger partial charge in [-0.15, -0.1) is 0 Å². The fourth-order valence-electron chi connectivity index (χ4n) is 5.33. The molecule has 40 heavy (non-hydrogen) atoms. The number of nitrogens with one attached hydrogen (secondary N) is 2. The summed E-state index contributed by atoms with van der Waals surface area (Å²) < 4.78 is 7.21. The Hall–Kier alpha value is -3.71. The molecule has 2 atom stereocenters. The van der Waals surface area contributed by atoms with E-state index in [1.54, 1.807) is 0 Å². The first-order valence-corrected chi connectivity index (χ1v) is 14.4. The number of rotatable bonds is 9. The Kier molecular flexibility index (Phi) is 7.57. The molecule has 0 unspecified atom stereocenters. The lowest BCUT2D eigenvalue weighted by atomic mass is 9.97. The zero-order valence-corrected chi connectivity index (χ0v) is 23.6. The van der Waals surface area contributed by atoms with Crippen LogP contribution in [0.1, 0.15) is 35.1 Å². The maximum Gasteiger partial charge on any atom is 0.252 e. The highest BCUT2D eigenvalue weighted by molar-refractivity contribution is 9.10. The Bertz CT molecular complexity index is 1550. The molecule has 2 aliphatic rings. The Morgan fingerprint density at radius 1 is 0.900 bits per heavy atom. The van der Waals surface area contributed by atoms with Crippen LogP contribution in [0.5, 0.6) is 11.5 Å². The van der Waals surface area contributed by atoms with Gasteiger partial charge in [-0.3, -0.25) is 4.79 Å². The summed E-state index contributed by atoms with van der Waals surface area (Å²) in [6, 6.07) is 33.0. The zero-order chi connectivity index (χ0) is 27.5. The van der Waals surface area contributed by atoms with E-state index in [4.69, 9.17) is 4.74 Å². The third-order valence-electron chi connectivity index (χ3n) is 7.72. The molecular weight excluding hydrogens is 564 g/mol. The molecule has 0 radical (unpaired) electrons. The first-order chi connectivity index (χ1) is 19.5. The van der Waals surface area contributed by atoms with Crippen molar-refractivity contribution < 1.29 is 14.6 Å². The van der Waals surface area contributed by atoms with Crippen molar-refractivity contribution in [3.8, 4) is 11.5 Å². The minimum Gasteiger partial charge on any atom is -0.456 e. The van der Waals surface area contributed by atoms with Crippen LogP contribution in [0.25, 0.3) is 11.6 Å². The topological polar surface area (TPSA) is 70.6 Å². The third kappa shape index (κ3) is 5.75. The molecule has 1 aliphatic heterocycles. The largest absolute Gasteiger partial charge is 0.456 e. The number of carbonyl (C=O) groups is 1. The number of ether oxygens (including phenoxy) is 1. The van der Waals surface area contributed by atoms with Gasteiger partial charge in [0.15, 0.2) is 0 Å². The summed E-state index contributed by atoms with van der Waals surface area (Å²) in [6.07, 6.45) is 3.58. The lowest BCUT2D eigenvalue weighted by Gasteiger charge is -2.28. The minimum absolute atomic E-state index is 0.143. The molecule has 0 bridgehead atoms. The summed E-state index contributed by atoms with van der Waals surface area (Å²) in [6.45, 7) is 0.353. The number of aliphatic hydroxyl groups excluding tert-OH is 1. The molecule has 0 aromatic heterocycles. The molecule has 1 aliphatic carbocycles. The molecule has 6 rings (SSSR count). The average Bonchev–Trinajstić information content (AvgIpc) is 3.79. The van der Waals surface area contributed by atoms with Crippen molar-refractivity contribution in [2.75, 3.05) is 6.54 Å². The Morgan fingerprint density at radius 3 is 2.40 bits per heavy atom. The van der Waals surface area contributed by atoms with Gasteiger partial charge in [0.05, 0.1) is 17.7 Å². The smallest absolute Gasteiger partial charge is 0.252 e. The van der Waals surface area contributed by atoms with E-state index >= 15 is 0 Å². The van der Waals surface area contributed by atoms with Crippen molar-refractivity contribution >= 4 is 33.5 Å². The summed E-state index contributed by atoms with van der Waals surface area (Å²) in [5.41, 5.74) is 4.16. The molecule has 6 heteroatoms. The van der Waals surface area contributed by atoms with Crippen LogP contribution < -0.4 is 15.4 Å². The zero-order valence-electron chi connectivity index (χ0n) is 22.0. The maximum absolute atomic E-state index is 13.9. The van der Waals surface area contributed by atoms with Gasteiger partial charge in [-0.05, 0) is 60.7 Å². The number of halogens is 1. The van der Waals surface area contributed by atoms with E-state index < -0.39 is 12.1 Å². The normalized spacial score (nSPS) is 16.3. The number of fused-ring (bicyclic) bond motifs is 2. The molecule has 1 heterocycles. The van der Waals surface area contributed by atoms with Crippen molar-refractivity contribution in [1.29, 1.82) is 0 Å². The van der Waals surface area contributed by atoms with E-state index in [2.05, 4.69) is 38.7 Å². The van der Waals surface area contributed by atoms with Crippen molar-refractivity contribution in [1.82, 2.24) is 10.6 Å². The fourth-order valence-corrected chi connectivity index (χ4v) is 5.73. The highest BCUT2D eigenvalue weighted by atomic mass is 79.9. The lowest BCUT2D eigenvalue weighted by Crippen LogP contribution is -2.50. The van der Waals surface area contributed by atoms with Gasteiger partial charge in [0, 0.05) is 27.7 Å². The monoisotopic (exact) mass is 594 g/mol. The van der Waals surface area contributed by atoms with Crippen LogP contribution >= 0.6 is 15.9 Å². The number of benzene rings is 4. The van der Waals surface area contributed by atoms with E-state index in [9.17, 15) is 9.90 Å². The van der Waals surface area contributed by atoms with Gasteiger partial charge in [0.25, 0.3) is 5.91 Å². The van der Waals surface area contributed by atoms with Gasteiger partial charge in [-0.2, -0.15) is 0 Å². The van der Waals surface area contributed by atoms with Crippen LogP contribution in [0.3, 0.4) is 0 Å². The van der Waals surface area contributed by atoms with Gasteiger partial charge in [0.2, 0.25) is 0 Å². The second-order valence-electron chi connectivity index (χ2n) is 10.5. The fraction of sp³-hybridized carbons (Fsp3) is 0.206. The molecule has 1 fully saturated rings. The summed E-state index contributed by atoms with van der Waals surface area (Å²) in [5.74, 6) is 1.08. The SMILES string of the molecule is O=C(N[C@@H](Cc1ccccc1)[C@H](O)CNC1(c2cccc(Br)c2)CC1)C1=Cc2ccccc2Oc2ccccc21. The Labute approximate surface area is 243 Å². The van der Waals surface area contributed by atoms with Crippen LogP contribution in [-0.4, -0.2) is 29.7 Å². The van der Waals surface area contributed by atoms with Crippen molar-refractivity contribution in [3.63, 3.8) is 0 Å². The first-order valence-electron chi connectivity index (χ1n) is 13.6. The van der Waals surface area contributed by atoms with Crippen LogP contribution in [0.15, 0.2) is 108 Å². The Balaban J connectivity index is 1.26. The average molecular weight is 596 g/mol. The number of amides is 1. The van der Waals surface area contributed by atoms with Gasteiger partial charge < -0.3 is 20.5 Å². The highest BCUT2D eigenvalue weighted by Gasteiger charge is 2.44. The molecule has 0 spiro atoms. The molecule has 1 amide bonds. The predicted octanol–water partition coefficient (Wildman–Crippen LogP) is 6.46. The van der Waals surface area contributed by atoms with Crippen LogP contribution in [0.2, 0.25) is 0 Å². The van der Waals surface area contributed by atoms with E-state index in [-0.39, 0.29) is 11.4 Å². The molecule has 202 valence electrons. The molecule has 5 nitrogen and oxygen atoms in total. The number of para-hydroxylation sites is 2. The van der Waals surface area contributed by atoms with E-state index in [1.807, 2.05) is 97.1 Å². The van der Waals surface area contributed by atoms with Crippen LogP contribution in [0.4, 0.5) is 0 Å². The quantitative estimate of drug-likeness (QED) is 0.208. The van der Waals surface area contributed by atoms with E-state index in [0.29, 0.717) is 35.6 Å². The molecular formula is C34H31BrN2O3. The second-order valence-corrected chi connectivity index (χ2v) is 11.4. The van der Waals surface area contributed by atoms with Crippen molar-refractivity contribution in [2.24, 2.45) is 0 Å². The molecule has 3 N–H and O–H groups in total. The number of carbonyl (C=O) groups excluding carboxylic acids is 1. The standard InChI is InChI=1S/C34H31BrN2O3/c35-26-13-8-12-25(21-26)34(17-18-34)36-22-30(38)29(19-23-9-2-1-3-10-23)37-33(39)28-20-24-11-4-6-15-31(24)40-32-16-7-5-14-27(28)32/h1-16,20-21,29-30,36,38H,17-19,22H2,(H,37,39)/t29-,30+/m0/s1. The second kappa shape index (κ2) is 11.4. The van der Waals surface area contributed by atoms with Crippen molar-refractivity contribution in [3.05, 3.63) is 130 Å². The van der Waals surface area contributed by atoms with Gasteiger partial charge >= 0.3 is 0 Å².